The van der Waals surface area contributed by atoms with E-state index < -0.39 is 6.09 Å². The summed E-state index contributed by atoms with van der Waals surface area (Å²) in [5.41, 5.74) is 0.681. The van der Waals surface area contributed by atoms with Crippen LogP contribution in [0.1, 0.15) is 71.1 Å². The lowest BCUT2D eigenvalue weighted by Gasteiger charge is -2.14. The van der Waals surface area contributed by atoms with Crippen LogP contribution < -0.4 is 15.0 Å². The van der Waals surface area contributed by atoms with Gasteiger partial charge in [0.1, 0.15) is 18.9 Å². The van der Waals surface area contributed by atoms with Crippen molar-refractivity contribution < 1.29 is 19.2 Å². The maximum atomic E-state index is 12.1. The van der Waals surface area contributed by atoms with Gasteiger partial charge in [-0.2, -0.15) is 0 Å². The molecule has 0 aliphatic carbocycles. The Morgan fingerprint density at radius 2 is 1.64 bits per heavy atom. The largest absolute Gasteiger partial charge is 0.491 e. The number of anilines is 1. The fraction of sp³-hybridized carbons (Fsp3) is 0.696. The standard InChI is InChI=1S/C23H38N2O3/c1-2-3-4-5-6-7-8-13-19-27-22-15-10-9-14-21(22)24-23(26)28-20-18-25-16-11-12-17-25/h9-10,14-15H,2-8,11-13,16-20H2,1H3,(H,24,26)/p+1. The van der Waals surface area contributed by atoms with Gasteiger partial charge in [-0.05, 0) is 18.6 Å². The lowest BCUT2D eigenvalue weighted by molar-refractivity contribution is -0.887. The molecule has 0 aromatic heterocycles. The highest BCUT2D eigenvalue weighted by atomic mass is 16.5. The van der Waals surface area contributed by atoms with Gasteiger partial charge < -0.3 is 14.4 Å². The van der Waals surface area contributed by atoms with Gasteiger partial charge in [-0.1, -0.05) is 64.0 Å². The smallest absolute Gasteiger partial charge is 0.411 e. The van der Waals surface area contributed by atoms with Gasteiger partial charge in [0.2, 0.25) is 0 Å². The quantitative estimate of drug-likeness (QED) is 0.461. The van der Waals surface area contributed by atoms with Crippen LogP contribution in [0.25, 0.3) is 0 Å². The molecular formula is C23H39N2O3+. The molecule has 2 N–H and O–H groups in total. The zero-order valence-corrected chi connectivity index (χ0v) is 17.6. The summed E-state index contributed by atoms with van der Waals surface area (Å²) < 4.78 is 11.2. The van der Waals surface area contributed by atoms with Gasteiger partial charge in [-0.25, -0.2) is 4.79 Å². The van der Waals surface area contributed by atoms with Gasteiger partial charge in [0, 0.05) is 12.8 Å². The topological polar surface area (TPSA) is 52.0 Å². The Morgan fingerprint density at radius 1 is 0.964 bits per heavy atom. The van der Waals surface area contributed by atoms with Gasteiger partial charge in [0.25, 0.3) is 0 Å². The molecule has 1 amide bonds. The van der Waals surface area contributed by atoms with Crippen molar-refractivity contribution in [1.29, 1.82) is 0 Å². The van der Waals surface area contributed by atoms with E-state index in [2.05, 4.69) is 12.2 Å². The van der Waals surface area contributed by atoms with E-state index in [4.69, 9.17) is 9.47 Å². The van der Waals surface area contributed by atoms with E-state index >= 15 is 0 Å². The zero-order chi connectivity index (χ0) is 19.9. The van der Waals surface area contributed by atoms with Crippen LogP contribution in [0.15, 0.2) is 24.3 Å². The Bertz CT molecular complexity index is 544. The molecule has 0 radical (unpaired) electrons. The van der Waals surface area contributed by atoms with Gasteiger partial charge in [0.15, 0.2) is 0 Å². The molecule has 0 saturated carbocycles. The molecule has 1 aromatic carbocycles. The van der Waals surface area contributed by atoms with E-state index in [1.165, 1.54) is 75.8 Å². The van der Waals surface area contributed by atoms with Crippen molar-refractivity contribution in [3.05, 3.63) is 24.3 Å². The number of hydrogen-bond donors (Lipinski definition) is 2. The molecule has 1 fully saturated rings. The van der Waals surface area contributed by atoms with Crippen LogP contribution in [0.2, 0.25) is 0 Å². The molecule has 0 bridgehead atoms. The average Bonchev–Trinajstić information content (AvgIpc) is 3.21. The number of quaternary nitrogens is 1. The minimum absolute atomic E-state index is 0.401. The van der Waals surface area contributed by atoms with Crippen molar-refractivity contribution >= 4 is 11.8 Å². The predicted molar refractivity (Wildman–Crippen MR) is 114 cm³/mol. The zero-order valence-electron chi connectivity index (χ0n) is 17.6. The van der Waals surface area contributed by atoms with Crippen molar-refractivity contribution in [2.24, 2.45) is 0 Å². The first-order valence-corrected chi connectivity index (χ1v) is 11.3. The van der Waals surface area contributed by atoms with Crippen molar-refractivity contribution in [3.63, 3.8) is 0 Å². The first-order chi connectivity index (χ1) is 13.8. The van der Waals surface area contributed by atoms with Gasteiger partial charge >= 0.3 is 6.09 Å². The number of unbranched alkanes of at least 4 members (excludes halogenated alkanes) is 7. The molecular weight excluding hydrogens is 352 g/mol. The molecule has 0 atom stereocenters. The fourth-order valence-corrected chi connectivity index (χ4v) is 3.67. The number of ether oxygens (including phenoxy) is 2. The third kappa shape index (κ3) is 9.45. The van der Waals surface area contributed by atoms with Crippen molar-refractivity contribution in [2.45, 2.75) is 71.1 Å². The maximum Gasteiger partial charge on any atom is 0.411 e. The number of para-hydroxylation sites is 2. The van der Waals surface area contributed by atoms with Crippen LogP contribution in [0.4, 0.5) is 10.5 Å². The van der Waals surface area contributed by atoms with Crippen molar-refractivity contribution in [1.82, 2.24) is 0 Å². The van der Waals surface area contributed by atoms with E-state index in [0.29, 0.717) is 24.7 Å². The molecule has 28 heavy (non-hydrogen) atoms. The minimum Gasteiger partial charge on any atom is -0.491 e. The van der Waals surface area contributed by atoms with Crippen LogP contribution >= 0.6 is 0 Å². The van der Waals surface area contributed by atoms with E-state index in [1.54, 1.807) is 0 Å². The molecule has 1 heterocycles. The Kier molecular flexibility index (Phi) is 11.5. The number of likely N-dealkylation sites (tertiary alicyclic amines) is 1. The second kappa shape index (κ2) is 14.3. The Morgan fingerprint density at radius 3 is 2.39 bits per heavy atom. The number of benzene rings is 1. The number of hydrogen-bond acceptors (Lipinski definition) is 3. The van der Waals surface area contributed by atoms with E-state index in [9.17, 15) is 4.79 Å². The van der Waals surface area contributed by atoms with Gasteiger partial charge in [-0.3, -0.25) is 5.32 Å². The maximum absolute atomic E-state index is 12.1. The van der Waals surface area contributed by atoms with E-state index in [-0.39, 0.29) is 0 Å². The van der Waals surface area contributed by atoms with Crippen LogP contribution in [0.5, 0.6) is 5.75 Å². The summed E-state index contributed by atoms with van der Waals surface area (Å²) in [6.07, 6.45) is 12.4. The molecule has 1 aromatic rings. The Balaban J connectivity index is 1.59. The predicted octanol–water partition coefficient (Wildman–Crippen LogP) is 4.43. The SMILES string of the molecule is CCCCCCCCCCOc1ccccc1NC(=O)OCC[NH+]1CCCC1. The second-order valence-corrected chi connectivity index (χ2v) is 7.79. The lowest BCUT2D eigenvalue weighted by atomic mass is 10.1. The molecule has 1 aliphatic heterocycles. The first kappa shape index (κ1) is 22.5. The highest BCUT2D eigenvalue weighted by Crippen LogP contribution is 2.24. The van der Waals surface area contributed by atoms with Gasteiger partial charge in [0.05, 0.1) is 25.4 Å². The molecule has 158 valence electrons. The number of rotatable bonds is 14. The lowest BCUT2D eigenvalue weighted by Crippen LogP contribution is -3.10. The number of nitrogens with one attached hydrogen (secondary N) is 2. The molecule has 2 rings (SSSR count). The van der Waals surface area contributed by atoms with Crippen LogP contribution in [-0.4, -0.2) is 38.9 Å². The third-order valence-electron chi connectivity index (χ3n) is 5.38. The summed E-state index contributed by atoms with van der Waals surface area (Å²) in [6.45, 7) is 6.67. The van der Waals surface area contributed by atoms with Crippen molar-refractivity contribution in [3.8, 4) is 5.75 Å². The van der Waals surface area contributed by atoms with Crippen LogP contribution in [-0.2, 0) is 4.74 Å². The minimum atomic E-state index is -0.401. The molecule has 5 heteroatoms. The molecule has 1 saturated heterocycles. The molecule has 5 nitrogen and oxygen atoms in total. The Hall–Kier alpha value is -1.75. The fourth-order valence-electron chi connectivity index (χ4n) is 3.67. The Labute approximate surface area is 170 Å². The number of carbonyl (C=O) groups excluding carboxylic acids is 1. The number of amides is 1. The highest BCUT2D eigenvalue weighted by molar-refractivity contribution is 5.86. The number of carbonyl (C=O) groups is 1. The van der Waals surface area contributed by atoms with Crippen molar-refractivity contribution in [2.75, 3.05) is 38.2 Å². The molecule has 0 unspecified atom stereocenters. The van der Waals surface area contributed by atoms with Crippen LogP contribution in [0.3, 0.4) is 0 Å². The summed E-state index contributed by atoms with van der Waals surface area (Å²) >= 11 is 0. The van der Waals surface area contributed by atoms with Gasteiger partial charge in [-0.15, -0.1) is 0 Å². The van der Waals surface area contributed by atoms with E-state index in [0.717, 1.165) is 13.0 Å². The second-order valence-electron chi connectivity index (χ2n) is 7.79. The van der Waals surface area contributed by atoms with Crippen LogP contribution in [0, 0.1) is 0 Å². The average molecular weight is 392 g/mol. The monoisotopic (exact) mass is 391 g/mol. The summed E-state index contributed by atoms with van der Waals surface area (Å²) in [5, 5.41) is 2.82. The normalized spacial score (nSPS) is 14.2. The summed E-state index contributed by atoms with van der Waals surface area (Å²) in [6, 6.07) is 7.58. The molecule has 1 aliphatic rings. The summed E-state index contributed by atoms with van der Waals surface area (Å²) in [4.78, 5) is 13.6. The summed E-state index contributed by atoms with van der Waals surface area (Å²) in [7, 11) is 0. The first-order valence-electron chi connectivity index (χ1n) is 11.3. The third-order valence-corrected chi connectivity index (χ3v) is 5.38. The summed E-state index contributed by atoms with van der Waals surface area (Å²) in [5.74, 6) is 0.715. The highest BCUT2D eigenvalue weighted by Gasteiger charge is 2.15. The van der Waals surface area contributed by atoms with E-state index in [1.807, 2.05) is 24.3 Å². The molecule has 0 spiro atoms.